The molecule has 2 aromatic heterocycles. The Kier molecular flexibility index (Phi) is 5.33. The van der Waals surface area contributed by atoms with Crippen LogP contribution >= 0.6 is 0 Å². The summed E-state index contributed by atoms with van der Waals surface area (Å²) in [7, 11) is 0. The number of pyridine rings is 1. The summed E-state index contributed by atoms with van der Waals surface area (Å²) < 4.78 is 46.2. The van der Waals surface area contributed by atoms with Crippen molar-refractivity contribution >= 4 is 5.82 Å². The molecule has 1 aliphatic heterocycles. The summed E-state index contributed by atoms with van der Waals surface area (Å²) in [6.07, 6.45) is -1.26. The van der Waals surface area contributed by atoms with Crippen molar-refractivity contribution in [2.45, 2.75) is 45.3 Å². The lowest BCUT2D eigenvalue weighted by Crippen LogP contribution is -2.33. The van der Waals surface area contributed by atoms with Crippen molar-refractivity contribution < 1.29 is 17.9 Å². The minimum absolute atomic E-state index is 0.0385. The summed E-state index contributed by atoms with van der Waals surface area (Å²) in [6.45, 7) is 6.99. The molecule has 0 N–H and O–H groups in total. The third kappa shape index (κ3) is 4.47. The zero-order valence-electron chi connectivity index (χ0n) is 17.6. The van der Waals surface area contributed by atoms with Gasteiger partial charge in [0.05, 0.1) is 17.8 Å². The molecule has 5 nitrogen and oxygen atoms in total. The van der Waals surface area contributed by atoms with E-state index in [-0.39, 0.29) is 17.8 Å². The van der Waals surface area contributed by atoms with Gasteiger partial charge in [-0.1, -0.05) is 32.9 Å². The molecular formula is C23H23F3N4O. The van der Waals surface area contributed by atoms with Crippen LogP contribution < -0.4 is 9.64 Å². The molecular weight excluding hydrogens is 405 g/mol. The number of halogens is 3. The first-order valence-electron chi connectivity index (χ1n) is 10.0. The summed E-state index contributed by atoms with van der Waals surface area (Å²) in [5, 5.41) is 0. The van der Waals surface area contributed by atoms with E-state index in [9.17, 15) is 13.2 Å². The van der Waals surface area contributed by atoms with Crippen molar-refractivity contribution in [2.75, 3.05) is 11.4 Å². The summed E-state index contributed by atoms with van der Waals surface area (Å²) in [4.78, 5) is 14.1. The Labute approximate surface area is 178 Å². The molecule has 8 heteroatoms. The number of anilines is 1. The maximum absolute atomic E-state index is 13.4. The second-order valence-corrected chi connectivity index (χ2v) is 8.52. The van der Waals surface area contributed by atoms with Gasteiger partial charge in [0.15, 0.2) is 0 Å². The number of fused-ring (bicyclic) bond motifs is 1. The van der Waals surface area contributed by atoms with Crippen LogP contribution in [0.1, 0.15) is 43.2 Å². The molecule has 0 radical (unpaired) electrons. The SMILES string of the molecule is CC(C)(C)c1ccc(Oc2ncnc3c2CCN(c2ncccc2C(F)(F)F)C3)cc1. The lowest BCUT2D eigenvalue weighted by atomic mass is 9.87. The van der Waals surface area contributed by atoms with Crippen molar-refractivity contribution in [1.82, 2.24) is 15.0 Å². The lowest BCUT2D eigenvalue weighted by Gasteiger charge is -2.31. The molecule has 0 saturated heterocycles. The number of alkyl halides is 3. The van der Waals surface area contributed by atoms with Crippen LogP contribution in [0.3, 0.4) is 0 Å². The number of aromatic nitrogens is 3. The molecule has 0 bridgehead atoms. The summed E-state index contributed by atoms with van der Waals surface area (Å²) in [6, 6.07) is 10.2. The highest BCUT2D eigenvalue weighted by Crippen LogP contribution is 2.37. The van der Waals surface area contributed by atoms with Gasteiger partial charge in [-0.25, -0.2) is 15.0 Å². The van der Waals surface area contributed by atoms with Crippen LogP contribution in [0, 0.1) is 0 Å². The van der Waals surface area contributed by atoms with Gasteiger partial charge >= 0.3 is 6.18 Å². The number of hydrogen-bond donors (Lipinski definition) is 0. The van der Waals surface area contributed by atoms with Crippen molar-refractivity contribution in [2.24, 2.45) is 0 Å². The third-order valence-corrected chi connectivity index (χ3v) is 5.29. The molecule has 0 amide bonds. The molecule has 0 atom stereocenters. The predicted octanol–water partition coefficient (Wildman–Crippen LogP) is 5.54. The quantitative estimate of drug-likeness (QED) is 0.548. The minimum atomic E-state index is -4.47. The highest BCUT2D eigenvalue weighted by Gasteiger charge is 2.36. The summed E-state index contributed by atoms with van der Waals surface area (Å²) in [5.41, 5.74) is 1.93. The largest absolute Gasteiger partial charge is 0.439 e. The Balaban J connectivity index is 1.58. The van der Waals surface area contributed by atoms with Gasteiger partial charge < -0.3 is 9.64 Å². The monoisotopic (exact) mass is 428 g/mol. The first kappa shape index (κ1) is 21.1. The average molecular weight is 428 g/mol. The van der Waals surface area contributed by atoms with Crippen molar-refractivity contribution in [1.29, 1.82) is 0 Å². The average Bonchev–Trinajstić information content (AvgIpc) is 2.73. The van der Waals surface area contributed by atoms with Crippen LogP contribution in [0.25, 0.3) is 0 Å². The number of nitrogens with zero attached hydrogens (tertiary/aromatic N) is 4. The molecule has 0 saturated carbocycles. The lowest BCUT2D eigenvalue weighted by molar-refractivity contribution is -0.137. The van der Waals surface area contributed by atoms with E-state index in [0.717, 1.165) is 11.6 Å². The maximum Gasteiger partial charge on any atom is 0.419 e. The first-order valence-corrected chi connectivity index (χ1v) is 10.0. The predicted molar refractivity (Wildman–Crippen MR) is 111 cm³/mol. The van der Waals surface area contributed by atoms with Crippen LogP contribution in [0.5, 0.6) is 11.6 Å². The molecule has 4 rings (SSSR count). The molecule has 3 heterocycles. The van der Waals surface area contributed by atoms with E-state index in [1.54, 1.807) is 4.90 Å². The van der Waals surface area contributed by atoms with Gasteiger partial charge in [-0.2, -0.15) is 13.2 Å². The Morgan fingerprint density at radius 1 is 0.968 bits per heavy atom. The fourth-order valence-electron chi connectivity index (χ4n) is 3.60. The first-order chi connectivity index (χ1) is 14.6. The zero-order valence-corrected chi connectivity index (χ0v) is 17.6. The number of rotatable bonds is 3. The molecule has 1 aliphatic rings. The normalized spacial score (nSPS) is 14.3. The third-order valence-electron chi connectivity index (χ3n) is 5.29. The van der Waals surface area contributed by atoms with E-state index in [1.807, 2.05) is 24.3 Å². The Morgan fingerprint density at radius 2 is 1.71 bits per heavy atom. The molecule has 0 aliphatic carbocycles. The molecule has 0 unspecified atom stereocenters. The van der Waals surface area contributed by atoms with E-state index >= 15 is 0 Å². The summed E-state index contributed by atoms with van der Waals surface area (Å²) in [5.74, 6) is 1.00. The van der Waals surface area contributed by atoms with E-state index < -0.39 is 11.7 Å². The minimum Gasteiger partial charge on any atom is -0.439 e. The van der Waals surface area contributed by atoms with Gasteiger partial charge in [0.25, 0.3) is 0 Å². The van der Waals surface area contributed by atoms with Gasteiger partial charge in [0.2, 0.25) is 5.88 Å². The standard InChI is InChI=1S/C23H23F3N4O/c1-22(2,3)15-6-8-16(9-7-15)31-21-17-10-12-30(13-19(17)28-14-29-21)20-18(23(24,25)26)5-4-11-27-20/h4-9,11,14H,10,12-13H2,1-3H3. The Bertz CT molecular complexity index is 1080. The topological polar surface area (TPSA) is 51.1 Å². The van der Waals surface area contributed by atoms with Crippen LogP contribution in [-0.4, -0.2) is 21.5 Å². The van der Waals surface area contributed by atoms with E-state index in [0.29, 0.717) is 30.3 Å². The van der Waals surface area contributed by atoms with Gasteiger partial charge in [-0.3, -0.25) is 0 Å². The van der Waals surface area contributed by atoms with Crippen LogP contribution in [0.15, 0.2) is 48.9 Å². The smallest absolute Gasteiger partial charge is 0.419 e. The van der Waals surface area contributed by atoms with Crippen LogP contribution in [0.2, 0.25) is 0 Å². The zero-order chi connectivity index (χ0) is 22.2. The van der Waals surface area contributed by atoms with Crippen LogP contribution in [0.4, 0.5) is 19.0 Å². The molecule has 3 aromatic rings. The highest BCUT2D eigenvalue weighted by molar-refractivity contribution is 5.51. The number of benzene rings is 1. The highest BCUT2D eigenvalue weighted by atomic mass is 19.4. The van der Waals surface area contributed by atoms with Crippen molar-refractivity contribution in [3.05, 3.63) is 71.3 Å². The van der Waals surface area contributed by atoms with Crippen molar-refractivity contribution in [3.63, 3.8) is 0 Å². The molecule has 0 spiro atoms. The number of ether oxygens (including phenoxy) is 1. The fourth-order valence-corrected chi connectivity index (χ4v) is 3.60. The van der Waals surface area contributed by atoms with Gasteiger partial charge in [-0.15, -0.1) is 0 Å². The second-order valence-electron chi connectivity index (χ2n) is 8.52. The van der Waals surface area contributed by atoms with E-state index in [2.05, 4.69) is 35.7 Å². The van der Waals surface area contributed by atoms with Gasteiger partial charge in [0, 0.05) is 18.3 Å². The van der Waals surface area contributed by atoms with E-state index in [1.165, 1.54) is 24.2 Å². The summed E-state index contributed by atoms with van der Waals surface area (Å²) >= 11 is 0. The van der Waals surface area contributed by atoms with Crippen LogP contribution in [-0.2, 0) is 24.6 Å². The van der Waals surface area contributed by atoms with Crippen molar-refractivity contribution in [3.8, 4) is 11.6 Å². The van der Waals surface area contributed by atoms with Gasteiger partial charge in [0.1, 0.15) is 17.9 Å². The van der Waals surface area contributed by atoms with E-state index in [4.69, 9.17) is 4.74 Å². The second kappa shape index (κ2) is 7.83. The molecule has 162 valence electrons. The fraction of sp³-hybridized carbons (Fsp3) is 0.348. The number of hydrogen-bond acceptors (Lipinski definition) is 5. The Hall–Kier alpha value is -3.16. The Morgan fingerprint density at radius 3 is 2.39 bits per heavy atom. The molecule has 1 aromatic carbocycles. The molecule has 0 fully saturated rings. The molecule has 31 heavy (non-hydrogen) atoms. The maximum atomic E-state index is 13.4. The van der Waals surface area contributed by atoms with Gasteiger partial charge in [-0.05, 0) is 41.7 Å².